The van der Waals surface area contributed by atoms with Crippen LogP contribution in [0.4, 0.5) is 0 Å². The van der Waals surface area contributed by atoms with E-state index in [1.807, 2.05) is 19.1 Å². The fourth-order valence-electron chi connectivity index (χ4n) is 5.12. The standard InChI is InChI=1S/C23H27NO5/c1-14-19-17(28-21(14)22(26)24-13-15-6-5-11-27-15)7-8-18-20(19)16(25)12-23(29-18)9-3-2-4-10-23/h7-8,15H,2-6,9-13H2,1H3,(H,24,26)/t15-/m1/s1. The number of ether oxygens (including phenoxy) is 2. The third-order valence-corrected chi connectivity index (χ3v) is 6.63. The van der Waals surface area contributed by atoms with E-state index in [4.69, 9.17) is 13.9 Å². The van der Waals surface area contributed by atoms with Crippen molar-refractivity contribution >= 4 is 22.7 Å². The van der Waals surface area contributed by atoms with Crippen LogP contribution in [0.1, 0.15) is 77.8 Å². The van der Waals surface area contributed by atoms with Gasteiger partial charge in [0, 0.05) is 24.1 Å². The Bertz CT molecular complexity index is 963. The van der Waals surface area contributed by atoms with Crippen LogP contribution in [0.25, 0.3) is 11.0 Å². The van der Waals surface area contributed by atoms with Crippen LogP contribution in [0.3, 0.4) is 0 Å². The molecule has 0 radical (unpaired) electrons. The zero-order valence-corrected chi connectivity index (χ0v) is 16.8. The molecule has 1 N–H and O–H groups in total. The minimum Gasteiger partial charge on any atom is -0.486 e. The summed E-state index contributed by atoms with van der Waals surface area (Å²) in [4.78, 5) is 25.9. The van der Waals surface area contributed by atoms with Crippen molar-refractivity contribution in [1.82, 2.24) is 5.32 Å². The second-order valence-electron chi connectivity index (χ2n) is 8.66. The van der Waals surface area contributed by atoms with Crippen molar-refractivity contribution in [2.45, 2.75) is 70.0 Å². The molecule has 5 rings (SSSR count). The Kier molecular flexibility index (Phi) is 4.62. The van der Waals surface area contributed by atoms with E-state index in [0.717, 1.165) is 45.1 Å². The quantitative estimate of drug-likeness (QED) is 0.835. The van der Waals surface area contributed by atoms with E-state index in [2.05, 4.69) is 5.32 Å². The lowest BCUT2D eigenvalue weighted by molar-refractivity contribution is 0.0139. The van der Waals surface area contributed by atoms with Crippen LogP contribution in [0.2, 0.25) is 0 Å². The molecule has 154 valence electrons. The number of hydrogen-bond acceptors (Lipinski definition) is 5. The molecule has 0 bridgehead atoms. The molecule has 29 heavy (non-hydrogen) atoms. The highest BCUT2D eigenvalue weighted by atomic mass is 16.5. The number of hydrogen-bond donors (Lipinski definition) is 1. The van der Waals surface area contributed by atoms with E-state index in [-0.39, 0.29) is 29.2 Å². The molecule has 1 aromatic heterocycles. The van der Waals surface area contributed by atoms with Crippen molar-refractivity contribution in [3.8, 4) is 5.75 Å². The number of benzene rings is 1. The summed E-state index contributed by atoms with van der Waals surface area (Å²) in [7, 11) is 0. The fourth-order valence-corrected chi connectivity index (χ4v) is 5.12. The zero-order valence-electron chi connectivity index (χ0n) is 16.8. The number of furan rings is 1. The SMILES string of the molecule is Cc1c(C(=O)NC[C@H]2CCCO2)oc2ccc3c(c12)C(=O)CC1(CCCCC1)O3. The van der Waals surface area contributed by atoms with Gasteiger partial charge in [0.1, 0.15) is 16.9 Å². The van der Waals surface area contributed by atoms with E-state index in [9.17, 15) is 9.59 Å². The number of fused-ring (bicyclic) bond motifs is 3. The lowest BCUT2D eigenvalue weighted by Gasteiger charge is -2.40. The zero-order chi connectivity index (χ0) is 20.0. The molecule has 1 atom stereocenters. The largest absolute Gasteiger partial charge is 0.486 e. The van der Waals surface area contributed by atoms with Crippen molar-refractivity contribution in [2.75, 3.05) is 13.2 Å². The number of amides is 1. The number of Topliss-reactive ketones (excluding diaryl/α,β-unsaturated/α-hetero) is 1. The molecule has 2 aromatic rings. The maximum atomic E-state index is 13.2. The van der Waals surface area contributed by atoms with Gasteiger partial charge in [0.15, 0.2) is 11.5 Å². The van der Waals surface area contributed by atoms with Gasteiger partial charge in [-0.1, -0.05) is 6.42 Å². The van der Waals surface area contributed by atoms with Gasteiger partial charge >= 0.3 is 0 Å². The number of ketones is 1. The maximum Gasteiger partial charge on any atom is 0.287 e. The first kappa shape index (κ1) is 18.7. The Morgan fingerprint density at radius 1 is 1.21 bits per heavy atom. The number of rotatable bonds is 3. The predicted molar refractivity (Wildman–Crippen MR) is 108 cm³/mol. The Hall–Kier alpha value is -2.34. The fraction of sp³-hybridized carbons (Fsp3) is 0.565. The van der Waals surface area contributed by atoms with Crippen molar-refractivity contribution in [1.29, 1.82) is 0 Å². The van der Waals surface area contributed by atoms with Crippen LogP contribution in [-0.4, -0.2) is 36.5 Å². The highest BCUT2D eigenvalue weighted by Crippen LogP contribution is 2.45. The Morgan fingerprint density at radius 2 is 2.03 bits per heavy atom. The van der Waals surface area contributed by atoms with Crippen molar-refractivity contribution in [3.05, 3.63) is 29.0 Å². The molecule has 2 aliphatic heterocycles. The minimum absolute atomic E-state index is 0.0676. The van der Waals surface area contributed by atoms with Crippen LogP contribution in [0.5, 0.6) is 5.75 Å². The first-order valence-corrected chi connectivity index (χ1v) is 10.7. The Balaban J connectivity index is 1.46. The van der Waals surface area contributed by atoms with Gasteiger partial charge in [-0.2, -0.15) is 0 Å². The van der Waals surface area contributed by atoms with E-state index < -0.39 is 0 Å². The summed E-state index contributed by atoms with van der Waals surface area (Å²) in [6.07, 6.45) is 7.73. The Morgan fingerprint density at radius 3 is 2.79 bits per heavy atom. The highest BCUT2D eigenvalue weighted by Gasteiger charge is 2.42. The molecule has 6 heteroatoms. The Labute approximate surface area is 169 Å². The van der Waals surface area contributed by atoms with Gasteiger partial charge in [0.2, 0.25) is 0 Å². The van der Waals surface area contributed by atoms with Gasteiger partial charge in [-0.05, 0) is 57.6 Å². The van der Waals surface area contributed by atoms with Gasteiger partial charge in [-0.3, -0.25) is 9.59 Å². The normalized spacial score (nSPS) is 23.2. The second kappa shape index (κ2) is 7.17. The van der Waals surface area contributed by atoms with Crippen molar-refractivity contribution < 1.29 is 23.5 Å². The molecule has 6 nitrogen and oxygen atoms in total. The van der Waals surface area contributed by atoms with Crippen LogP contribution < -0.4 is 10.1 Å². The first-order valence-electron chi connectivity index (χ1n) is 10.7. The molecular weight excluding hydrogens is 370 g/mol. The predicted octanol–water partition coefficient (Wildman–Crippen LogP) is 4.32. The van der Waals surface area contributed by atoms with Gasteiger partial charge in [0.05, 0.1) is 18.1 Å². The van der Waals surface area contributed by atoms with E-state index >= 15 is 0 Å². The number of aryl methyl sites for hydroxylation is 1. The van der Waals surface area contributed by atoms with Gasteiger partial charge < -0.3 is 19.2 Å². The topological polar surface area (TPSA) is 77.8 Å². The maximum absolute atomic E-state index is 13.2. The molecule has 1 spiro atoms. The van der Waals surface area contributed by atoms with Crippen LogP contribution in [-0.2, 0) is 4.74 Å². The third-order valence-electron chi connectivity index (χ3n) is 6.63. The molecule has 1 aromatic carbocycles. The summed E-state index contributed by atoms with van der Waals surface area (Å²) >= 11 is 0. The monoisotopic (exact) mass is 397 g/mol. The van der Waals surface area contributed by atoms with Gasteiger partial charge in [-0.25, -0.2) is 0 Å². The summed E-state index contributed by atoms with van der Waals surface area (Å²) in [5, 5.41) is 3.62. The highest BCUT2D eigenvalue weighted by molar-refractivity contribution is 6.13. The average Bonchev–Trinajstić information content (AvgIpc) is 3.34. The van der Waals surface area contributed by atoms with E-state index in [0.29, 0.717) is 40.8 Å². The molecule has 1 saturated carbocycles. The molecule has 1 amide bonds. The average molecular weight is 397 g/mol. The van der Waals surface area contributed by atoms with Crippen molar-refractivity contribution in [2.24, 2.45) is 0 Å². The molecule has 0 unspecified atom stereocenters. The summed E-state index contributed by atoms with van der Waals surface area (Å²) < 4.78 is 17.8. The molecule has 1 aliphatic carbocycles. The molecular formula is C23H27NO5. The first-order chi connectivity index (χ1) is 14.1. The lowest BCUT2D eigenvalue weighted by Crippen LogP contribution is -2.43. The van der Waals surface area contributed by atoms with Crippen LogP contribution in [0, 0.1) is 6.92 Å². The second-order valence-corrected chi connectivity index (χ2v) is 8.66. The van der Waals surface area contributed by atoms with E-state index in [1.54, 1.807) is 0 Å². The third kappa shape index (κ3) is 3.23. The molecule has 2 fully saturated rings. The minimum atomic E-state index is -0.352. The number of nitrogens with one attached hydrogen (secondary N) is 1. The molecule has 3 aliphatic rings. The van der Waals surface area contributed by atoms with Gasteiger partial charge in [-0.15, -0.1) is 0 Å². The summed E-state index contributed by atoms with van der Waals surface area (Å²) in [5.41, 5.74) is 1.46. The van der Waals surface area contributed by atoms with Crippen LogP contribution in [0.15, 0.2) is 16.5 Å². The summed E-state index contributed by atoms with van der Waals surface area (Å²) in [6.45, 7) is 3.06. The van der Waals surface area contributed by atoms with Gasteiger partial charge in [0.25, 0.3) is 5.91 Å². The summed E-state index contributed by atoms with van der Waals surface area (Å²) in [6, 6.07) is 3.63. The summed E-state index contributed by atoms with van der Waals surface area (Å²) in [5.74, 6) is 0.716. The molecule has 3 heterocycles. The van der Waals surface area contributed by atoms with Crippen LogP contribution >= 0.6 is 0 Å². The lowest BCUT2D eigenvalue weighted by atomic mass is 9.78. The molecule has 1 saturated heterocycles. The van der Waals surface area contributed by atoms with Crippen molar-refractivity contribution in [3.63, 3.8) is 0 Å². The number of carbonyl (C=O) groups is 2. The van der Waals surface area contributed by atoms with E-state index in [1.165, 1.54) is 6.42 Å². The smallest absolute Gasteiger partial charge is 0.287 e. The number of carbonyl (C=O) groups excluding carboxylic acids is 2.